The maximum Gasteiger partial charge on any atom is 0.246 e. The molecule has 2 saturated carbocycles. The van der Waals surface area contributed by atoms with Gasteiger partial charge in [0.05, 0.1) is 6.10 Å². The lowest BCUT2D eigenvalue weighted by molar-refractivity contribution is -0.131. The molecule has 0 radical (unpaired) electrons. The summed E-state index contributed by atoms with van der Waals surface area (Å²) in [7, 11) is 0. The second kappa shape index (κ2) is 4.82. The number of rotatable bonds is 5. The van der Waals surface area contributed by atoms with Crippen molar-refractivity contribution in [3.05, 3.63) is 0 Å². The molecule has 3 unspecified atom stereocenters. The number of fused-ring (bicyclic) bond motifs is 2. The topological polar surface area (TPSA) is 64.3 Å². The number of nitrogens with one attached hydrogen (secondary N) is 1. The Morgan fingerprint density at radius 1 is 1.44 bits per heavy atom. The maximum absolute atomic E-state index is 11.5. The van der Waals surface area contributed by atoms with Crippen LogP contribution in [0.2, 0.25) is 0 Å². The highest BCUT2D eigenvalue weighted by Crippen LogP contribution is 2.66. The van der Waals surface area contributed by atoms with Crippen LogP contribution in [0.1, 0.15) is 40.0 Å². The van der Waals surface area contributed by atoms with Gasteiger partial charge in [0.1, 0.15) is 6.61 Å². The van der Waals surface area contributed by atoms with E-state index in [1.165, 1.54) is 12.8 Å². The van der Waals surface area contributed by atoms with E-state index in [1.807, 2.05) is 0 Å². The van der Waals surface area contributed by atoms with Crippen molar-refractivity contribution in [1.29, 1.82) is 0 Å². The minimum absolute atomic E-state index is 0.0513. The molecule has 1 amide bonds. The molecule has 2 aliphatic carbocycles. The van der Waals surface area contributed by atoms with Crippen LogP contribution in [0.5, 0.6) is 0 Å². The quantitative estimate of drug-likeness (QED) is 0.777. The third-order valence-electron chi connectivity index (χ3n) is 5.60. The monoisotopic (exact) mass is 254 g/mol. The van der Waals surface area contributed by atoms with Crippen molar-refractivity contribution in [2.45, 2.75) is 46.1 Å². The fourth-order valence-corrected chi connectivity index (χ4v) is 3.82. The minimum Gasteiger partial charge on any atom is -0.368 e. The standard InChI is InChI=1S/C14H26N2O2/c1-13(2)10-4-5-14(13,3)11(8-10)18-9-12(17)16-7-6-15/h10-11H,4-9,15H2,1-3H3,(H,16,17). The van der Waals surface area contributed by atoms with E-state index < -0.39 is 0 Å². The summed E-state index contributed by atoms with van der Waals surface area (Å²) in [6.07, 6.45) is 3.87. The first-order valence-corrected chi connectivity index (χ1v) is 7.00. The maximum atomic E-state index is 11.5. The summed E-state index contributed by atoms with van der Waals surface area (Å²) in [5, 5.41) is 2.74. The number of ether oxygens (including phenoxy) is 1. The van der Waals surface area contributed by atoms with Crippen LogP contribution in [0.3, 0.4) is 0 Å². The van der Waals surface area contributed by atoms with E-state index in [1.54, 1.807) is 0 Å². The number of hydrogen-bond acceptors (Lipinski definition) is 3. The first-order chi connectivity index (χ1) is 8.41. The van der Waals surface area contributed by atoms with Crippen LogP contribution in [-0.4, -0.2) is 31.7 Å². The van der Waals surface area contributed by atoms with Crippen molar-refractivity contribution in [2.24, 2.45) is 22.5 Å². The van der Waals surface area contributed by atoms with Gasteiger partial charge in [-0.3, -0.25) is 4.79 Å². The van der Waals surface area contributed by atoms with E-state index in [-0.39, 0.29) is 24.0 Å². The van der Waals surface area contributed by atoms with E-state index in [0.29, 0.717) is 18.5 Å². The molecule has 0 aromatic carbocycles. The fraction of sp³-hybridized carbons (Fsp3) is 0.929. The number of carbonyl (C=O) groups excluding carboxylic acids is 1. The largest absolute Gasteiger partial charge is 0.368 e. The van der Waals surface area contributed by atoms with Crippen LogP contribution < -0.4 is 11.1 Å². The van der Waals surface area contributed by atoms with Crippen molar-refractivity contribution in [3.8, 4) is 0 Å². The Labute approximate surface area is 110 Å². The SMILES string of the molecule is CC1(C)C2CCC1(C)C(OCC(=O)NCCN)C2. The number of hydrogen-bond donors (Lipinski definition) is 2. The smallest absolute Gasteiger partial charge is 0.246 e. The van der Waals surface area contributed by atoms with E-state index in [9.17, 15) is 4.79 Å². The zero-order valence-corrected chi connectivity index (χ0v) is 11.8. The van der Waals surface area contributed by atoms with Crippen LogP contribution in [0.15, 0.2) is 0 Å². The van der Waals surface area contributed by atoms with Crippen LogP contribution in [0.4, 0.5) is 0 Å². The van der Waals surface area contributed by atoms with Crippen molar-refractivity contribution < 1.29 is 9.53 Å². The van der Waals surface area contributed by atoms with Gasteiger partial charge in [0.2, 0.25) is 5.91 Å². The van der Waals surface area contributed by atoms with Crippen LogP contribution in [0.25, 0.3) is 0 Å². The molecule has 0 heterocycles. The zero-order valence-electron chi connectivity index (χ0n) is 11.8. The second-order valence-electron chi connectivity index (χ2n) is 6.55. The highest BCUT2D eigenvalue weighted by molar-refractivity contribution is 5.77. The Hall–Kier alpha value is -0.610. The van der Waals surface area contributed by atoms with Crippen molar-refractivity contribution >= 4 is 5.91 Å². The lowest BCUT2D eigenvalue weighted by Gasteiger charge is -2.38. The predicted molar refractivity (Wildman–Crippen MR) is 71.0 cm³/mol. The fourth-order valence-electron chi connectivity index (χ4n) is 3.82. The summed E-state index contributed by atoms with van der Waals surface area (Å²) in [5.41, 5.74) is 5.91. The number of amides is 1. The van der Waals surface area contributed by atoms with Crippen LogP contribution >= 0.6 is 0 Å². The normalized spacial score (nSPS) is 36.9. The average Bonchev–Trinajstić information content (AvgIpc) is 2.66. The molecule has 4 heteroatoms. The molecule has 2 aliphatic rings. The van der Waals surface area contributed by atoms with Gasteiger partial charge in [-0.05, 0) is 36.0 Å². The lowest BCUT2D eigenvalue weighted by Crippen LogP contribution is -2.40. The Balaban J connectivity index is 1.87. The van der Waals surface area contributed by atoms with Gasteiger partial charge in [0, 0.05) is 13.1 Å². The van der Waals surface area contributed by atoms with E-state index in [0.717, 1.165) is 12.3 Å². The van der Waals surface area contributed by atoms with Gasteiger partial charge >= 0.3 is 0 Å². The summed E-state index contributed by atoms with van der Waals surface area (Å²) in [4.78, 5) is 11.5. The molecule has 0 aromatic rings. The van der Waals surface area contributed by atoms with Gasteiger partial charge < -0.3 is 15.8 Å². The second-order valence-corrected chi connectivity index (χ2v) is 6.55. The predicted octanol–water partition coefficient (Wildman–Crippen LogP) is 1.29. The van der Waals surface area contributed by atoms with E-state index >= 15 is 0 Å². The number of nitrogens with two attached hydrogens (primary N) is 1. The molecule has 3 N–H and O–H groups in total. The van der Waals surface area contributed by atoms with Gasteiger partial charge in [-0.1, -0.05) is 20.8 Å². The molecule has 0 spiro atoms. The van der Waals surface area contributed by atoms with Gasteiger partial charge in [-0.2, -0.15) is 0 Å². The third-order valence-corrected chi connectivity index (χ3v) is 5.60. The summed E-state index contributed by atoms with van der Waals surface area (Å²) >= 11 is 0. The minimum atomic E-state index is -0.0513. The summed E-state index contributed by atoms with van der Waals surface area (Å²) in [5.74, 6) is 0.698. The Kier molecular flexibility index (Phi) is 3.70. The molecule has 2 fully saturated rings. The van der Waals surface area contributed by atoms with Gasteiger partial charge in [0.25, 0.3) is 0 Å². The summed E-state index contributed by atoms with van der Waals surface area (Å²) < 4.78 is 5.88. The molecule has 18 heavy (non-hydrogen) atoms. The van der Waals surface area contributed by atoms with Gasteiger partial charge in [0.15, 0.2) is 0 Å². The van der Waals surface area contributed by atoms with Crippen molar-refractivity contribution in [3.63, 3.8) is 0 Å². The average molecular weight is 254 g/mol. The van der Waals surface area contributed by atoms with E-state index in [2.05, 4.69) is 26.1 Å². The molecule has 2 bridgehead atoms. The van der Waals surface area contributed by atoms with Crippen molar-refractivity contribution in [1.82, 2.24) is 5.32 Å². The molecular formula is C14H26N2O2. The highest BCUT2D eigenvalue weighted by Gasteiger charge is 2.61. The van der Waals surface area contributed by atoms with Crippen molar-refractivity contribution in [2.75, 3.05) is 19.7 Å². The van der Waals surface area contributed by atoms with E-state index in [4.69, 9.17) is 10.5 Å². The molecule has 0 aromatic heterocycles. The molecule has 4 nitrogen and oxygen atoms in total. The van der Waals surface area contributed by atoms with Gasteiger partial charge in [-0.25, -0.2) is 0 Å². The summed E-state index contributed by atoms with van der Waals surface area (Å²) in [6.45, 7) is 8.19. The molecular weight excluding hydrogens is 228 g/mol. The third kappa shape index (κ3) is 2.05. The van der Waals surface area contributed by atoms with Gasteiger partial charge in [-0.15, -0.1) is 0 Å². The molecule has 104 valence electrons. The number of carbonyl (C=O) groups is 1. The summed E-state index contributed by atoms with van der Waals surface area (Å²) in [6, 6.07) is 0. The Bertz CT molecular complexity index is 330. The molecule has 2 rings (SSSR count). The molecule has 3 atom stereocenters. The molecule has 0 aliphatic heterocycles. The lowest BCUT2D eigenvalue weighted by atomic mass is 9.70. The Morgan fingerprint density at radius 3 is 2.67 bits per heavy atom. The first-order valence-electron chi connectivity index (χ1n) is 7.00. The zero-order chi connectivity index (χ0) is 13.4. The molecule has 0 saturated heterocycles. The van der Waals surface area contributed by atoms with Crippen LogP contribution in [-0.2, 0) is 9.53 Å². The highest BCUT2D eigenvalue weighted by atomic mass is 16.5. The Morgan fingerprint density at radius 2 is 2.17 bits per heavy atom. The van der Waals surface area contributed by atoms with Crippen LogP contribution in [0, 0.1) is 16.7 Å². The first kappa shape index (κ1) is 13.8.